The number of aliphatic carboxylic acids is 1. The van der Waals surface area contributed by atoms with E-state index < -0.39 is 12.0 Å². The zero-order valence-corrected chi connectivity index (χ0v) is 12.9. The quantitative estimate of drug-likeness (QED) is 0.664. The lowest BCUT2D eigenvalue weighted by Crippen LogP contribution is -2.45. The second kappa shape index (κ2) is 8.52. The molecular weight excluding hydrogens is 226 g/mol. The number of nitrogens with one attached hydrogen (secondary N) is 1. The van der Waals surface area contributed by atoms with Crippen molar-refractivity contribution in [1.29, 1.82) is 0 Å². The maximum atomic E-state index is 11.3. The number of carboxylic acid groups (broad SMARTS) is 1. The van der Waals surface area contributed by atoms with Gasteiger partial charge in [-0.3, -0.25) is 4.79 Å². The van der Waals surface area contributed by atoms with Crippen LogP contribution >= 0.6 is 0 Å². The van der Waals surface area contributed by atoms with Gasteiger partial charge >= 0.3 is 5.97 Å². The topological polar surface area (TPSA) is 49.3 Å². The lowest BCUT2D eigenvalue weighted by Gasteiger charge is -2.27. The molecule has 0 saturated carbocycles. The summed E-state index contributed by atoms with van der Waals surface area (Å²) in [6.07, 6.45) is 2.78. The number of rotatable bonds is 9. The first-order valence-corrected chi connectivity index (χ1v) is 7.21. The third-order valence-corrected chi connectivity index (χ3v) is 2.95. The summed E-state index contributed by atoms with van der Waals surface area (Å²) in [5.41, 5.74) is 0. The van der Waals surface area contributed by atoms with E-state index >= 15 is 0 Å². The summed E-state index contributed by atoms with van der Waals surface area (Å²) in [6.45, 7) is 12.9. The molecular formula is C15H31NO2. The number of carboxylic acids is 1. The van der Waals surface area contributed by atoms with Gasteiger partial charge in [0.15, 0.2) is 0 Å². The molecule has 0 rings (SSSR count). The highest BCUT2D eigenvalue weighted by molar-refractivity contribution is 5.73. The Hall–Kier alpha value is -0.570. The summed E-state index contributed by atoms with van der Waals surface area (Å²) < 4.78 is 0. The van der Waals surface area contributed by atoms with Crippen LogP contribution in [0.3, 0.4) is 0 Å². The Morgan fingerprint density at radius 1 is 0.889 bits per heavy atom. The van der Waals surface area contributed by atoms with Crippen LogP contribution in [0.15, 0.2) is 0 Å². The molecule has 0 aromatic rings. The van der Waals surface area contributed by atoms with Crippen LogP contribution in [0.4, 0.5) is 0 Å². The van der Waals surface area contributed by atoms with Gasteiger partial charge in [0, 0.05) is 6.04 Å². The molecule has 0 radical (unpaired) electrons. The fourth-order valence-electron chi connectivity index (χ4n) is 2.37. The lowest BCUT2D eigenvalue weighted by atomic mass is 9.93. The molecule has 18 heavy (non-hydrogen) atoms. The van der Waals surface area contributed by atoms with Crippen LogP contribution in [0.1, 0.15) is 60.8 Å². The van der Waals surface area contributed by atoms with Gasteiger partial charge in [-0.1, -0.05) is 41.5 Å². The van der Waals surface area contributed by atoms with Crippen LogP contribution in [0.5, 0.6) is 0 Å². The standard InChI is InChI=1S/C15H31NO2/c1-10(2)7-13(8-11(3)4)16-14(15(17)18)9-12(5)6/h10-14,16H,7-9H2,1-6H3,(H,17,18). The molecule has 0 fully saturated rings. The van der Waals surface area contributed by atoms with E-state index in [-0.39, 0.29) is 0 Å². The monoisotopic (exact) mass is 257 g/mol. The molecule has 0 saturated heterocycles. The van der Waals surface area contributed by atoms with E-state index in [0.717, 1.165) is 12.8 Å². The molecule has 0 aromatic heterocycles. The zero-order chi connectivity index (χ0) is 14.3. The number of hydrogen-bond acceptors (Lipinski definition) is 2. The summed E-state index contributed by atoms with van der Waals surface area (Å²) in [5.74, 6) is 0.864. The smallest absolute Gasteiger partial charge is 0.320 e. The van der Waals surface area contributed by atoms with Crippen molar-refractivity contribution >= 4 is 5.97 Å². The van der Waals surface area contributed by atoms with Crippen molar-refractivity contribution in [2.24, 2.45) is 17.8 Å². The van der Waals surface area contributed by atoms with Crippen molar-refractivity contribution in [3.05, 3.63) is 0 Å². The van der Waals surface area contributed by atoms with E-state index in [0.29, 0.717) is 30.2 Å². The van der Waals surface area contributed by atoms with E-state index in [1.165, 1.54) is 0 Å². The van der Waals surface area contributed by atoms with Crippen molar-refractivity contribution in [3.8, 4) is 0 Å². The molecule has 0 aliphatic heterocycles. The van der Waals surface area contributed by atoms with Crippen molar-refractivity contribution < 1.29 is 9.90 Å². The molecule has 0 spiro atoms. The van der Waals surface area contributed by atoms with Crippen molar-refractivity contribution in [3.63, 3.8) is 0 Å². The molecule has 3 heteroatoms. The number of carbonyl (C=O) groups is 1. The molecule has 2 N–H and O–H groups in total. The Morgan fingerprint density at radius 3 is 1.56 bits per heavy atom. The van der Waals surface area contributed by atoms with Crippen LogP contribution < -0.4 is 5.32 Å². The van der Waals surface area contributed by atoms with Gasteiger partial charge in [-0.05, 0) is 37.0 Å². The molecule has 0 heterocycles. The van der Waals surface area contributed by atoms with Gasteiger partial charge in [0.2, 0.25) is 0 Å². The second-order valence-electron chi connectivity index (χ2n) is 6.64. The normalized spacial score (nSPS) is 13.9. The molecule has 0 aliphatic carbocycles. The van der Waals surface area contributed by atoms with Gasteiger partial charge in [-0.2, -0.15) is 0 Å². The fourth-order valence-corrected chi connectivity index (χ4v) is 2.37. The van der Waals surface area contributed by atoms with Crippen molar-refractivity contribution in [2.75, 3.05) is 0 Å². The molecule has 0 amide bonds. The fraction of sp³-hybridized carbons (Fsp3) is 0.933. The average molecular weight is 257 g/mol. The van der Waals surface area contributed by atoms with Gasteiger partial charge < -0.3 is 10.4 Å². The lowest BCUT2D eigenvalue weighted by molar-refractivity contribution is -0.140. The van der Waals surface area contributed by atoms with Crippen LogP contribution in [0, 0.1) is 17.8 Å². The van der Waals surface area contributed by atoms with Crippen LogP contribution in [0.2, 0.25) is 0 Å². The molecule has 1 atom stereocenters. The predicted octanol–water partition coefficient (Wildman–Crippen LogP) is 3.54. The molecule has 1 unspecified atom stereocenters. The Morgan fingerprint density at radius 2 is 1.28 bits per heavy atom. The highest BCUT2D eigenvalue weighted by Gasteiger charge is 2.23. The predicted molar refractivity (Wildman–Crippen MR) is 76.7 cm³/mol. The van der Waals surface area contributed by atoms with E-state index in [9.17, 15) is 9.90 Å². The molecule has 0 aromatic carbocycles. The highest BCUT2D eigenvalue weighted by atomic mass is 16.4. The van der Waals surface area contributed by atoms with E-state index in [2.05, 4.69) is 46.9 Å². The van der Waals surface area contributed by atoms with E-state index in [1.807, 2.05) is 0 Å². The first-order chi connectivity index (χ1) is 8.22. The number of hydrogen-bond donors (Lipinski definition) is 2. The first-order valence-electron chi connectivity index (χ1n) is 7.21. The third-order valence-electron chi connectivity index (χ3n) is 2.95. The van der Waals surface area contributed by atoms with E-state index in [1.54, 1.807) is 0 Å². The summed E-state index contributed by atoms with van der Waals surface area (Å²) in [4.78, 5) is 11.3. The Kier molecular flexibility index (Phi) is 8.25. The minimum absolute atomic E-state index is 0.310. The summed E-state index contributed by atoms with van der Waals surface area (Å²) in [7, 11) is 0. The largest absolute Gasteiger partial charge is 0.480 e. The highest BCUT2D eigenvalue weighted by Crippen LogP contribution is 2.16. The Balaban J connectivity index is 4.52. The third kappa shape index (κ3) is 8.51. The zero-order valence-electron chi connectivity index (χ0n) is 12.9. The van der Waals surface area contributed by atoms with Gasteiger partial charge in [0.25, 0.3) is 0 Å². The Bertz CT molecular complexity index is 227. The average Bonchev–Trinajstić information content (AvgIpc) is 2.13. The maximum Gasteiger partial charge on any atom is 0.320 e. The van der Waals surface area contributed by atoms with Crippen LogP contribution in [-0.2, 0) is 4.79 Å². The maximum absolute atomic E-state index is 11.3. The minimum Gasteiger partial charge on any atom is -0.480 e. The van der Waals surface area contributed by atoms with Crippen molar-refractivity contribution in [1.82, 2.24) is 5.32 Å². The molecule has 0 bridgehead atoms. The van der Waals surface area contributed by atoms with Gasteiger partial charge in [-0.15, -0.1) is 0 Å². The van der Waals surface area contributed by atoms with Gasteiger partial charge in [-0.25, -0.2) is 0 Å². The first kappa shape index (κ1) is 17.4. The minimum atomic E-state index is -0.721. The summed E-state index contributed by atoms with van der Waals surface area (Å²) in [5, 5.41) is 12.6. The summed E-state index contributed by atoms with van der Waals surface area (Å²) >= 11 is 0. The Labute approximate surface area is 112 Å². The molecule has 108 valence electrons. The molecule has 0 aliphatic rings. The van der Waals surface area contributed by atoms with Crippen LogP contribution in [0.25, 0.3) is 0 Å². The SMILES string of the molecule is CC(C)CC(CC(C)C)NC(CC(C)C)C(=O)O. The van der Waals surface area contributed by atoms with Crippen LogP contribution in [-0.4, -0.2) is 23.2 Å². The van der Waals surface area contributed by atoms with E-state index in [4.69, 9.17) is 0 Å². The van der Waals surface area contributed by atoms with Gasteiger partial charge in [0.1, 0.15) is 6.04 Å². The van der Waals surface area contributed by atoms with Crippen molar-refractivity contribution in [2.45, 2.75) is 72.9 Å². The van der Waals surface area contributed by atoms with Gasteiger partial charge in [0.05, 0.1) is 0 Å². The summed E-state index contributed by atoms with van der Waals surface area (Å²) in [6, 6.07) is -0.0997. The molecule has 3 nitrogen and oxygen atoms in total. The second-order valence-corrected chi connectivity index (χ2v) is 6.64.